The maximum Gasteiger partial charge on any atom is 0.410 e. The quantitative estimate of drug-likeness (QED) is 0.616. The second-order valence-electron chi connectivity index (χ2n) is 5.90. The van der Waals surface area contributed by atoms with Gasteiger partial charge in [0.25, 0.3) is 0 Å². The highest BCUT2D eigenvalue weighted by Gasteiger charge is 2.47. The molecule has 3 heteroatoms. The minimum atomic E-state index is -0.373. The average molecular weight is 211 g/mol. The summed E-state index contributed by atoms with van der Waals surface area (Å²) in [6.07, 6.45) is 3.36. The fourth-order valence-electron chi connectivity index (χ4n) is 2.89. The highest BCUT2D eigenvalue weighted by atomic mass is 16.6. The van der Waals surface area contributed by atoms with Crippen molar-refractivity contribution >= 4 is 6.09 Å². The molecule has 2 saturated heterocycles. The van der Waals surface area contributed by atoms with Crippen LogP contribution in [0.2, 0.25) is 0 Å². The molecule has 0 aliphatic carbocycles. The van der Waals surface area contributed by atoms with Crippen molar-refractivity contribution in [2.24, 2.45) is 5.92 Å². The molecule has 2 bridgehead atoms. The Bertz CT molecular complexity index is 269. The van der Waals surface area contributed by atoms with E-state index in [4.69, 9.17) is 4.74 Å². The van der Waals surface area contributed by atoms with E-state index in [0.29, 0.717) is 18.0 Å². The van der Waals surface area contributed by atoms with E-state index in [1.165, 1.54) is 0 Å². The molecule has 0 aromatic carbocycles. The van der Waals surface area contributed by atoms with Gasteiger partial charge in [0.1, 0.15) is 5.60 Å². The first-order chi connectivity index (χ1) is 6.88. The Labute approximate surface area is 91.8 Å². The van der Waals surface area contributed by atoms with Crippen LogP contribution in [0.1, 0.15) is 47.0 Å². The van der Waals surface area contributed by atoms with E-state index < -0.39 is 0 Å². The van der Waals surface area contributed by atoms with Crippen LogP contribution in [0.5, 0.6) is 0 Å². The molecule has 0 aromatic heterocycles. The number of rotatable bonds is 0. The highest BCUT2D eigenvalue weighted by Crippen LogP contribution is 2.41. The van der Waals surface area contributed by atoms with Gasteiger partial charge >= 0.3 is 6.09 Å². The Morgan fingerprint density at radius 1 is 1.33 bits per heavy atom. The zero-order chi connectivity index (χ0) is 11.2. The third kappa shape index (κ3) is 1.97. The molecular weight excluding hydrogens is 190 g/mol. The third-order valence-electron chi connectivity index (χ3n) is 3.45. The second kappa shape index (κ2) is 3.39. The third-order valence-corrected chi connectivity index (χ3v) is 3.45. The molecular formula is C12H21NO2. The Hall–Kier alpha value is -0.730. The molecule has 1 amide bonds. The van der Waals surface area contributed by atoms with Crippen LogP contribution in [0.15, 0.2) is 0 Å². The molecule has 2 rings (SSSR count). The molecule has 2 heterocycles. The molecule has 2 fully saturated rings. The van der Waals surface area contributed by atoms with Gasteiger partial charge in [-0.2, -0.15) is 0 Å². The monoisotopic (exact) mass is 211 g/mol. The second-order valence-corrected chi connectivity index (χ2v) is 5.90. The van der Waals surface area contributed by atoms with Gasteiger partial charge in [-0.3, -0.25) is 0 Å². The maximum absolute atomic E-state index is 12.0. The van der Waals surface area contributed by atoms with E-state index in [9.17, 15) is 4.79 Å². The maximum atomic E-state index is 12.0. The van der Waals surface area contributed by atoms with Gasteiger partial charge in [-0.05, 0) is 46.0 Å². The Kier molecular flexibility index (Phi) is 2.44. The zero-order valence-electron chi connectivity index (χ0n) is 10.1. The molecule has 0 radical (unpaired) electrons. The summed E-state index contributed by atoms with van der Waals surface area (Å²) in [5.74, 6) is 0.649. The van der Waals surface area contributed by atoms with Gasteiger partial charge in [0.15, 0.2) is 0 Å². The summed E-state index contributed by atoms with van der Waals surface area (Å²) in [7, 11) is 0. The van der Waals surface area contributed by atoms with E-state index in [1.54, 1.807) is 0 Å². The molecule has 3 atom stereocenters. The molecule has 15 heavy (non-hydrogen) atoms. The summed E-state index contributed by atoms with van der Waals surface area (Å²) < 4.78 is 5.44. The fourth-order valence-corrected chi connectivity index (χ4v) is 2.89. The van der Waals surface area contributed by atoms with Crippen LogP contribution in [0, 0.1) is 5.92 Å². The van der Waals surface area contributed by atoms with Gasteiger partial charge in [-0.15, -0.1) is 0 Å². The number of carbonyl (C=O) groups is 1. The van der Waals surface area contributed by atoms with E-state index in [1.807, 2.05) is 25.7 Å². The Balaban J connectivity index is 2.03. The van der Waals surface area contributed by atoms with Gasteiger partial charge in [0.05, 0.1) is 0 Å². The first-order valence-corrected chi connectivity index (χ1v) is 5.90. The van der Waals surface area contributed by atoms with Gasteiger partial charge in [0, 0.05) is 12.1 Å². The van der Waals surface area contributed by atoms with Crippen molar-refractivity contribution in [3.63, 3.8) is 0 Å². The number of hydrogen-bond acceptors (Lipinski definition) is 2. The minimum absolute atomic E-state index is 0.112. The first-order valence-electron chi connectivity index (χ1n) is 5.90. The first kappa shape index (κ1) is 10.8. The number of carbonyl (C=O) groups excluding carboxylic acids is 1. The number of ether oxygens (including phenoxy) is 1. The van der Waals surface area contributed by atoms with Gasteiger partial charge in [-0.25, -0.2) is 4.79 Å². The summed E-state index contributed by atoms with van der Waals surface area (Å²) in [6.45, 7) is 8.01. The molecule has 86 valence electrons. The molecule has 0 N–H and O–H groups in total. The van der Waals surface area contributed by atoms with Crippen LogP contribution in [0.25, 0.3) is 0 Å². The number of fused-ring (bicyclic) bond motifs is 2. The van der Waals surface area contributed by atoms with Gasteiger partial charge < -0.3 is 9.64 Å². The van der Waals surface area contributed by atoms with Crippen molar-refractivity contribution in [1.82, 2.24) is 4.90 Å². The predicted molar refractivity (Wildman–Crippen MR) is 58.7 cm³/mol. The standard InChI is InChI=1S/C12H21NO2/c1-8-7-9-5-6-10(8)13(9)11(14)15-12(2,3)4/h8-10H,5-7H2,1-4H3/t8-,9?,10?/m1/s1. The van der Waals surface area contributed by atoms with Crippen molar-refractivity contribution in [2.75, 3.05) is 0 Å². The molecule has 0 aromatic rings. The Morgan fingerprint density at radius 3 is 2.40 bits per heavy atom. The lowest BCUT2D eigenvalue weighted by Gasteiger charge is -2.27. The summed E-state index contributed by atoms with van der Waals surface area (Å²) in [4.78, 5) is 14.0. The fraction of sp³-hybridized carbons (Fsp3) is 0.917. The van der Waals surface area contributed by atoms with Crippen molar-refractivity contribution < 1.29 is 9.53 Å². The van der Waals surface area contributed by atoms with Crippen LogP contribution in [0.3, 0.4) is 0 Å². The van der Waals surface area contributed by atoms with Crippen molar-refractivity contribution in [1.29, 1.82) is 0 Å². The van der Waals surface area contributed by atoms with E-state index in [-0.39, 0.29) is 11.7 Å². The molecule has 2 aliphatic heterocycles. The topological polar surface area (TPSA) is 29.5 Å². The number of nitrogens with zero attached hydrogens (tertiary/aromatic N) is 1. The smallest absolute Gasteiger partial charge is 0.410 e. The normalized spacial score (nSPS) is 34.7. The molecule has 2 aliphatic rings. The summed E-state index contributed by atoms with van der Waals surface area (Å²) >= 11 is 0. The largest absolute Gasteiger partial charge is 0.444 e. The average Bonchev–Trinajstić information content (AvgIpc) is 2.55. The summed E-state index contributed by atoms with van der Waals surface area (Å²) in [5.41, 5.74) is -0.373. The lowest BCUT2D eigenvalue weighted by Crippen LogP contribution is -2.40. The van der Waals surface area contributed by atoms with Crippen molar-refractivity contribution in [3.8, 4) is 0 Å². The number of amides is 1. The summed E-state index contributed by atoms with van der Waals surface area (Å²) in [5, 5.41) is 0. The van der Waals surface area contributed by atoms with E-state index >= 15 is 0 Å². The molecule has 0 spiro atoms. The molecule has 0 saturated carbocycles. The summed E-state index contributed by atoms with van der Waals surface area (Å²) in [6, 6.07) is 0.879. The van der Waals surface area contributed by atoms with Crippen LogP contribution < -0.4 is 0 Å². The van der Waals surface area contributed by atoms with Gasteiger partial charge in [-0.1, -0.05) is 6.92 Å². The van der Waals surface area contributed by atoms with Gasteiger partial charge in [0.2, 0.25) is 0 Å². The number of hydrogen-bond donors (Lipinski definition) is 0. The van der Waals surface area contributed by atoms with Crippen LogP contribution in [-0.2, 0) is 4.74 Å². The van der Waals surface area contributed by atoms with Crippen LogP contribution >= 0.6 is 0 Å². The van der Waals surface area contributed by atoms with Crippen LogP contribution in [0.4, 0.5) is 4.79 Å². The predicted octanol–water partition coefficient (Wildman–Crippen LogP) is 2.79. The SMILES string of the molecule is C[C@@H]1CC2CCC1N2C(=O)OC(C)(C)C. The minimum Gasteiger partial charge on any atom is -0.444 e. The molecule has 3 nitrogen and oxygen atoms in total. The van der Waals surface area contributed by atoms with E-state index in [2.05, 4.69) is 6.92 Å². The van der Waals surface area contributed by atoms with E-state index in [0.717, 1.165) is 19.3 Å². The highest BCUT2D eigenvalue weighted by molar-refractivity contribution is 5.70. The van der Waals surface area contributed by atoms with Crippen LogP contribution in [-0.4, -0.2) is 28.7 Å². The lowest BCUT2D eigenvalue weighted by molar-refractivity contribution is 0.0207. The van der Waals surface area contributed by atoms with Crippen molar-refractivity contribution in [2.45, 2.75) is 64.6 Å². The lowest BCUT2D eigenvalue weighted by atomic mass is 9.91. The molecule has 2 unspecified atom stereocenters. The van der Waals surface area contributed by atoms with Crippen molar-refractivity contribution in [3.05, 3.63) is 0 Å². The zero-order valence-corrected chi connectivity index (χ0v) is 10.1. The Morgan fingerprint density at radius 2 is 2.00 bits per heavy atom.